The van der Waals surface area contributed by atoms with E-state index in [9.17, 15) is 0 Å². The Morgan fingerprint density at radius 3 is 2.62 bits per heavy atom. The molecule has 3 heteroatoms. The molecule has 120 valence electrons. The summed E-state index contributed by atoms with van der Waals surface area (Å²) in [4.78, 5) is 5.52. The van der Waals surface area contributed by atoms with Crippen molar-refractivity contribution in [1.29, 1.82) is 0 Å². The van der Waals surface area contributed by atoms with E-state index >= 15 is 0 Å². The van der Waals surface area contributed by atoms with Crippen molar-refractivity contribution in [2.24, 2.45) is 5.92 Å². The fraction of sp³-hybridized carbons (Fsp3) is 0.778. The molecule has 1 aliphatic rings. The second kappa shape index (κ2) is 7.26. The van der Waals surface area contributed by atoms with Crippen LogP contribution in [-0.2, 0) is 13.1 Å². The third-order valence-electron chi connectivity index (χ3n) is 4.45. The van der Waals surface area contributed by atoms with Gasteiger partial charge in [-0.1, -0.05) is 19.8 Å². The highest BCUT2D eigenvalue weighted by Gasteiger charge is 2.22. The van der Waals surface area contributed by atoms with Gasteiger partial charge in [0.25, 0.3) is 0 Å². The quantitative estimate of drug-likeness (QED) is 0.852. The lowest BCUT2D eigenvalue weighted by Crippen LogP contribution is -2.35. The van der Waals surface area contributed by atoms with Crippen molar-refractivity contribution < 1.29 is 0 Å². The van der Waals surface area contributed by atoms with Gasteiger partial charge in [0.15, 0.2) is 0 Å². The maximum atomic E-state index is 3.57. The molecule has 1 aromatic rings. The van der Waals surface area contributed by atoms with Crippen LogP contribution < -0.4 is 5.32 Å². The van der Waals surface area contributed by atoms with E-state index in [1.165, 1.54) is 35.4 Å². The third kappa shape index (κ3) is 5.72. The number of thiophene rings is 1. The summed E-state index contributed by atoms with van der Waals surface area (Å²) in [5, 5.41) is 3.57. The Kier molecular flexibility index (Phi) is 5.87. The van der Waals surface area contributed by atoms with Gasteiger partial charge in [-0.15, -0.1) is 11.3 Å². The first kappa shape index (κ1) is 17.0. The zero-order valence-electron chi connectivity index (χ0n) is 14.4. The Morgan fingerprint density at radius 1 is 1.24 bits per heavy atom. The molecule has 2 rings (SSSR count). The summed E-state index contributed by atoms with van der Waals surface area (Å²) in [5.41, 5.74) is 0.194. The molecule has 0 amide bonds. The number of hydrogen-bond donors (Lipinski definition) is 1. The highest BCUT2D eigenvalue weighted by Crippen LogP contribution is 2.28. The molecular formula is C18H32N2S. The topological polar surface area (TPSA) is 15.3 Å². The molecular weight excluding hydrogens is 276 g/mol. The Balaban J connectivity index is 1.84. The lowest BCUT2D eigenvalue weighted by atomic mass is 9.86. The van der Waals surface area contributed by atoms with E-state index < -0.39 is 0 Å². The molecule has 1 aliphatic carbocycles. The second-order valence-corrected chi connectivity index (χ2v) is 9.07. The van der Waals surface area contributed by atoms with Crippen LogP contribution in [0, 0.1) is 5.92 Å². The molecule has 0 bridgehead atoms. The van der Waals surface area contributed by atoms with Gasteiger partial charge >= 0.3 is 0 Å². The lowest BCUT2D eigenvalue weighted by Gasteiger charge is -2.33. The van der Waals surface area contributed by atoms with Gasteiger partial charge in [-0.05, 0) is 58.7 Å². The monoisotopic (exact) mass is 308 g/mol. The van der Waals surface area contributed by atoms with Crippen LogP contribution in [0.3, 0.4) is 0 Å². The first-order chi connectivity index (χ1) is 9.83. The van der Waals surface area contributed by atoms with Crippen LogP contribution >= 0.6 is 11.3 Å². The summed E-state index contributed by atoms with van der Waals surface area (Å²) in [6, 6.07) is 5.38. The third-order valence-corrected chi connectivity index (χ3v) is 5.52. The Bertz CT molecular complexity index is 433. The molecule has 1 fully saturated rings. The van der Waals surface area contributed by atoms with Gasteiger partial charge in [0.1, 0.15) is 0 Å². The molecule has 2 unspecified atom stereocenters. The zero-order chi connectivity index (χ0) is 15.5. The van der Waals surface area contributed by atoms with Gasteiger partial charge < -0.3 is 5.32 Å². The van der Waals surface area contributed by atoms with Crippen molar-refractivity contribution in [3.8, 4) is 0 Å². The largest absolute Gasteiger partial charge is 0.307 e. The van der Waals surface area contributed by atoms with Crippen LogP contribution in [0.2, 0.25) is 0 Å². The summed E-state index contributed by atoms with van der Waals surface area (Å²) >= 11 is 1.96. The van der Waals surface area contributed by atoms with Crippen LogP contribution in [0.25, 0.3) is 0 Å². The highest BCUT2D eigenvalue weighted by atomic mass is 32.1. The van der Waals surface area contributed by atoms with Crippen molar-refractivity contribution in [3.63, 3.8) is 0 Å². The summed E-state index contributed by atoms with van der Waals surface area (Å²) in [5.74, 6) is 0.904. The fourth-order valence-corrected chi connectivity index (χ4v) is 4.15. The molecule has 0 spiro atoms. The van der Waals surface area contributed by atoms with Crippen LogP contribution in [0.4, 0.5) is 0 Å². The molecule has 1 saturated carbocycles. The Labute approximate surface area is 134 Å². The standard InChI is InChI=1S/C18H32N2S/c1-14-7-6-8-15(11-14)20(5)13-17-10-9-16(21-17)12-19-18(2,3)4/h9-10,14-15,19H,6-8,11-13H2,1-5H3. The van der Waals surface area contributed by atoms with Crippen molar-refractivity contribution >= 4 is 11.3 Å². The van der Waals surface area contributed by atoms with Crippen LogP contribution in [0.5, 0.6) is 0 Å². The zero-order valence-corrected chi connectivity index (χ0v) is 15.2. The molecule has 2 nitrogen and oxygen atoms in total. The van der Waals surface area contributed by atoms with E-state index in [2.05, 4.69) is 57.1 Å². The lowest BCUT2D eigenvalue weighted by molar-refractivity contribution is 0.159. The smallest absolute Gasteiger partial charge is 0.0327 e. The molecule has 1 aromatic heterocycles. The fourth-order valence-electron chi connectivity index (χ4n) is 3.13. The number of hydrogen-bond acceptors (Lipinski definition) is 3. The van der Waals surface area contributed by atoms with Gasteiger partial charge in [-0.25, -0.2) is 0 Å². The van der Waals surface area contributed by atoms with Crippen molar-refractivity contribution in [2.75, 3.05) is 7.05 Å². The van der Waals surface area contributed by atoms with Crippen LogP contribution in [0.1, 0.15) is 63.1 Å². The Morgan fingerprint density at radius 2 is 1.95 bits per heavy atom. The summed E-state index contributed by atoms with van der Waals surface area (Å²) in [6.07, 6.45) is 5.58. The Hall–Kier alpha value is -0.380. The van der Waals surface area contributed by atoms with E-state index in [1.54, 1.807) is 0 Å². The molecule has 0 radical (unpaired) electrons. The molecule has 1 N–H and O–H groups in total. The van der Waals surface area contributed by atoms with Crippen LogP contribution in [0.15, 0.2) is 12.1 Å². The molecule has 21 heavy (non-hydrogen) atoms. The summed E-state index contributed by atoms with van der Waals surface area (Å²) < 4.78 is 0. The van der Waals surface area contributed by atoms with Crippen LogP contribution in [-0.4, -0.2) is 23.5 Å². The van der Waals surface area contributed by atoms with Gasteiger partial charge in [0.05, 0.1) is 0 Å². The maximum Gasteiger partial charge on any atom is 0.0327 e. The van der Waals surface area contributed by atoms with Gasteiger partial charge in [-0.2, -0.15) is 0 Å². The van der Waals surface area contributed by atoms with E-state index in [-0.39, 0.29) is 5.54 Å². The highest BCUT2D eigenvalue weighted by molar-refractivity contribution is 7.11. The number of nitrogens with one attached hydrogen (secondary N) is 1. The average Bonchev–Trinajstić information content (AvgIpc) is 2.83. The second-order valence-electron chi connectivity index (χ2n) is 7.81. The van der Waals surface area contributed by atoms with E-state index in [1.807, 2.05) is 11.3 Å². The van der Waals surface area contributed by atoms with E-state index in [0.717, 1.165) is 25.0 Å². The van der Waals surface area contributed by atoms with E-state index in [0.29, 0.717) is 0 Å². The summed E-state index contributed by atoms with van der Waals surface area (Å²) in [6.45, 7) is 11.2. The number of rotatable bonds is 5. The average molecular weight is 309 g/mol. The maximum absolute atomic E-state index is 3.57. The van der Waals surface area contributed by atoms with Crippen molar-refractivity contribution in [3.05, 3.63) is 21.9 Å². The first-order valence-electron chi connectivity index (χ1n) is 8.36. The molecule has 0 saturated heterocycles. The molecule has 2 atom stereocenters. The molecule has 0 aromatic carbocycles. The predicted molar refractivity (Wildman–Crippen MR) is 93.8 cm³/mol. The van der Waals surface area contributed by atoms with E-state index in [4.69, 9.17) is 0 Å². The normalized spacial score (nSPS) is 23.7. The van der Waals surface area contributed by atoms with Gasteiger partial charge in [0, 0.05) is 34.4 Å². The minimum absolute atomic E-state index is 0.194. The minimum atomic E-state index is 0.194. The predicted octanol–water partition coefficient (Wildman–Crippen LogP) is 4.65. The van der Waals surface area contributed by atoms with Gasteiger partial charge in [0.2, 0.25) is 0 Å². The number of nitrogens with zero attached hydrogens (tertiary/aromatic N) is 1. The summed E-state index contributed by atoms with van der Waals surface area (Å²) in [7, 11) is 2.30. The first-order valence-corrected chi connectivity index (χ1v) is 9.18. The minimum Gasteiger partial charge on any atom is -0.307 e. The van der Waals surface area contributed by atoms with Gasteiger partial charge in [-0.3, -0.25) is 4.90 Å². The van der Waals surface area contributed by atoms with Crippen molar-refractivity contribution in [1.82, 2.24) is 10.2 Å². The molecule has 0 aliphatic heterocycles. The van der Waals surface area contributed by atoms with Crippen molar-refractivity contribution in [2.45, 2.75) is 78.0 Å². The SMILES string of the molecule is CC1CCCC(N(C)Cc2ccc(CNC(C)(C)C)s2)C1. The molecule has 1 heterocycles.